The Morgan fingerprint density at radius 1 is 1.10 bits per heavy atom. The van der Waals surface area contributed by atoms with Crippen LogP contribution in [-0.2, 0) is 6.42 Å². The highest BCUT2D eigenvalue weighted by Gasteiger charge is 2.30. The predicted octanol–water partition coefficient (Wildman–Crippen LogP) is 4.07. The highest BCUT2D eigenvalue weighted by Crippen LogP contribution is 2.37. The molecule has 0 radical (unpaired) electrons. The average molecular weight is 281 g/mol. The molecule has 0 amide bonds. The van der Waals surface area contributed by atoms with Crippen molar-refractivity contribution in [2.45, 2.75) is 45.8 Å². The molecule has 2 aromatic carbocycles. The van der Waals surface area contributed by atoms with Crippen molar-refractivity contribution >= 4 is 0 Å². The van der Waals surface area contributed by atoms with Crippen molar-refractivity contribution in [3.8, 4) is 5.75 Å². The molecule has 0 aliphatic carbocycles. The molecular weight excluding hydrogens is 258 g/mol. The van der Waals surface area contributed by atoms with Crippen LogP contribution in [0.1, 0.15) is 47.7 Å². The number of nitrogens with two attached hydrogens (primary N) is 1. The number of fused-ring (bicyclic) bond motifs is 1. The monoisotopic (exact) mass is 281 g/mol. The van der Waals surface area contributed by atoms with Crippen LogP contribution >= 0.6 is 0 Å². The number of ether oxygens (including phenoxy) is 1. The number of rotatable bonds is 2. The molecule has 1 atom stereocenters. The van der Waals surface area contributed by atoms with Crippen LogP contribution in [0.25, 0.3) is 0 Å². The zero-order chi connectivity index (χ0) is 15.2. The Bertz CT molecular complexity index is 688. The van der Waals surface area contributed by atoms with Gasteiger partial charge in [0.1, 0.15) is 11.4 Å². The molecule has 0 fully saturated rings. The average Bonchev–Trinajstić information content (AvgIpc) is 2.70. The first-order valence-corrected chi connectivity index (χ1v) is 7.50. The van der Waals surface area contributed by atoms with E-state index in [9.17, 15) is 0 Å². The Morgan fingerprint density at radius 3 is 2.57 bits per heavy atom. The second kappa shape index (κ2) is 4.88. The quantitative estimate of drug-likeness (QED) is 0.900. The highest BCUT2D eigenvalue weighted by atomic mass is 16.5. The second-order valence-electron chi connectivity index (χ2n) is 6.74. The van der Waals surface area contributed by atoms with Gasteiger partial charge < -0.3 is 10.5 Å². The lowest BCUT2D eigenvalue weighted by Crippen LogP contribution is -2.24. The topological polar surface area (TPSA) is 35.2 Å². The molecular formula is C19H23NO. The SMILES string of the molecule is Cc1ccc(C(N)c2ccc3c(c2)CC(C)(C)O3)c(C)c1. The van der Waals surface area contributed by atoms with Crippen molar-refractivity contribution in [2.75, 3.05) is 0 Å². The van der Waals surface area contributed by atoms with Crippen molar-refractivity contribution in [1.82, 2.24) is 0 Å². The number of hydrogen-bond donors (Lipinski definition) is 1. The van der Waals surface area contributed by atoms with Crippen molar-refractivity contribution < 1.29 is 4.74 Å². The fourth-order valence-electron chi connectivity index (χ4n) is 3.18. The zero-order valence-electron chi connectivity index (χ0n) is 13.2. The van der Waals surface area contributed by atoms with Gasteiger partial charge in [0.15, 0.2) is 0 Å². The Labute approximate surface area is 126 Å². The molecule has 2 nitrogen and oxygen atoms in total. The zero-order valence-corrected chi connectivity index (χ0v) is 13.2. The van der Waals surface area contributed by atoms with Gasteiger partial charge in [0.05, 0.1) is 6.04 Å². The van der Waals surface area contributed by atoms with Gasteiger partial charge in [0, 0.05) is 6.42 Å². The summed E-state index contributed by atoms with van der Waals surface area (Å²) in [6.45, 7) is 8.48. The smallest absolute Gasteiger partial charge is 0.123 e. The highest BCUT2D eigenvalue weighted by molar-refractivity contribution is 5.46. The first-order chi connectivity index (χ1) is 9.85. The minimum atomic E-state index is -0.106. The summed E-state index contributed by atoms with van der Waals surface area (Å²) in [6.07, 6.45) is 0.940. The van der Waals surface area contributed by atoms with E-state index in [0.717, 1.165) is 17.7 Å². The fourth-order valence-corrected chi connectivity index (χ4v) is 3.18. The first-order valence-electron chi connectivity index (χ1n) is 7.50. The molecule has 2 aromatic rings. The number of hydrogen-bond acceptors (Lipinski definition) is 2. The Kier molecular flexibility index (Phi) is 3.29. The first kappa shape index (κ1) is 14.2. The normalized spacial score (nSPS) is 17.2. The van der Waals surface area contributed by atoms with Crippen LogP contribution in [0.5, 0.6) is 5.75 Å². The van der Waals surface area contributed by atoms with Crippen LogP contribution in [0, 0.1) is 13.8 Å². The van der Waals surface area contributed by atoms with Crippen LogP contribution < -0.4 is 10.5 Å². The Hall–Kier alpha value is -1.80. The van der Waals surface area contributed by atoms with Crippen molar-refractivity contribution in [2.24, 2.45) is 5.73 Å². The molecule has 0 aromatic heterocycles. The standard InChI is InChI=1S/C19H23NO/c1-12-5-7-16(13(2)9-12)18(20)14-6-8-17-15(10-14)11-19(3,4)21-17/h5-10,18H,11,20H2,1-4H3. The van der Waals surface area contributed by atoms with Crippen LogP contribution in [-0.4, -0.2) is 5.60 Å². The lowest BCUT2D eigenvalue weighted by molar-refractivity contribution is 0.138. The third-order valence-electron chi connectivity index (χ3n) is 4.21. The Morgan fingerprint density at radius 2 is 1.86 bits per heavy atom. The van der Waals surface area contributed by atoms with Gasteiger partial charge in [-0.3, -0.25) is 0 Å². The van der Waals surface area contributed by atoms with Gasteiger partial charge in [-0.1, -0.05) is 35.9 Å². The molecule has 0 saturated heterocycles. The minimum Gasteiger partial charge on any atom is -0.487 e. The summed E-state index contributed by atoms with van der Waals surface area (Å²) in [7, 11) is 0. The lowest BCUT2D eigenvalue weighted by atomic mass is 9.92. The van der Waals surface area contributed by atoms with Gasteiger partial charge in [-0.05, 0) is 56.0 Å². The summed E-state index contributed by atoms with van der Waals surface area (Å²) in [6, 6.07) is 12.7. The third-order valence-corrected chi connectivity index (χ3v) is 4.21. The molecule has 1 heterocycles. The van der Waals surface area contributed by atoms with E-state index in [4.69, 9.17) is 10.5 Å². The molecule has 1 unspecified atom stereocenters. The summed E-state index contributed by atoms with van der Waals surface area (Å²) < 4.78 is 5.93. The van der Waals surface area contributed by atoms with E-state index in [1.807, 2.05) is 0 Å². The van der Waals surface area contributed by atoms with Gasteiger partial charge >= 0.3 is 0 Å². The number of benzene rings is 2. The Balaban J connectivity index is 1.95. The summed E-state index contributed by atoms with van der Waals surface area (Å²) in [5, 5.41) is 0. The van der Waals surface area contributed by atoms with Crippen molar-refractivity contribution in [1.29, 1.82) is 0 Å². The molecule has 1 aliphatic rings. The minimum absolute atomic E-state index is 0.0837. The van der Waals surface area contributed by atoms with Gasteiger partial charge in [-0.15, -0.1) is 0 Å². The van der Waals surface area contributed by atoms with Crippen molar-refractivity contribution in [3.63, 3.8) is 0 Å². The molecule has 21 heavy (non-hydrogen) atoms. The molecule has 2 heteroatoms. The van der Waals surface area contributed by atoms with Gasteiger partial charge in [0.25, 0.3) is 0 Å². The maximum absolute atomic E-state index is 6.49. The van der Waals surface area contributed by atoms with E-state index in [1.54, 1.807) is 0 Å². The van der Waals surface area contributed by atoms with Crippen molar-refractivity contribution in [3.05, 3.63) is 64.2 Å². The maximum atomic E-state index is 6.49. The van der Waals surface area contributed by atoms with E-state index < -0.39 is 0 Å². The molecule has 1 aliphatic heterocycles. The maximum Gasteiger partial charge on any atom is 0.123 e. The summed E-state index contributed by atoms with van der Waals surface area (Å²) in [4.78, 5) is 0. The van der Waals surface area contributed by atoms with E-state index in [1.165, 1.54) is 22.3 Å². The number of aryl methyl sites for hydroxylation is 2. The molecule has 2 N–H and O–H groups in total. The fraction of sp³-hybridized carbons (Fsp3) is 0.368. The summed E-state index contributed by atoms with van der Waals surface area (Å²) in [5.74, 6) is 0.997. The predicted molar refractivity (Wildman–Crippen MR) is 86.8 cm³/mol. The van der Waals surface area contributed by atoms with Crippen LogP contribution in [0.4, 0.5) is 0 Å². The van der Waals surface area contributed by atoms with E-state index in [-0.39, 0.29) is 11.6 Å². The summed E-state index contributed by atoms with van der Waals surface area (Å²) >= 11 is 0. The van der Waals surface area contributed by atoms with Gasteiger partial charge in [0.2, 0.25) is 0 Å². The van der Waals surface area contributed by atoms with Crippen LogP contribution in [0.15, 0.2) is 36.4 Å². The van der Waals surface area contributed by atoms with Crippen LogP contribution in [0.3, 0.4) is 0 Å². The van der Waals surface area contributed by atoms with E-state index in [2.05, 4.69) is 64.1 Å². The van der Waals surface area contributed by atoms with Crippen LogP contribution in [0.2, 0.25) is 0 Å². The molecule has 110 valence electrons. The molecule has 3 rings (SSSR count). The molecule has 0 bridgehead atoms. The second-order valence-corrected chi connectivity index (χ2v) is 6.74. The molecule has 0 saturated carbocycles. The summed E-state index contributed by atoms with van der Waals surface area (Å²) in [5.41, 5.74) is 12.5. The van der Waals surface area contributed by atoms with Gasteiger partial charge in [-0.2, -0.15) is 0 Å². The van der Waals surface area contributed by atoms with Gasteiger partial charge in [-0.25, -0.2) is 0 Å². The molecule has 0 spiro atoms. The third kappa shape index (κ3) is 2.68. The largest absolute Gasteiger partial charge is 0.487 e. The lowest BCUT2D eigenvalue weighted by Gasteiger charge is -2.17. The van der Waals surface area contributed by atoms with E-state index >= 15 is 0 Å². The van der Waals surface area contributed by atoms with E-state index in [0.29, 0.717) is 0 Å².